The van der Waals surface area contributed by atoms with Crippen LogP contribution in [0.25, 0.3) is 33.2 Å². The molecule has 170 valence electrons. The Morgan fingerprint density at radius 2 is 1.91 bits per heavy atom. The van der Waals surface area contributed by atoms with E-state index in [1.165, 1.54) is 0 Å². The maximum Gasteiger partial charge on any atom is 0.255 e. The van der Waals surface area contributed by atoms with E-state index < -0.39 is 5.91 Å². The van der Waals surface area contributed by atoms with Crippen LogP contribution in [0.5, 0.6) is 11.5 Å². The van der Waals surface area contributed by atoms with Crippen LogP contribution >= 0.6 is 0 Å². The molecule has 0 saturated heterocycles. The second kappa shape index (κ2) is 9.07. The fraction of sp³-hybridized carbons (Fsp3) is 0.120. The number of H-pyrrole nitrogens is 1. The number of hydrogen-bond acceptors (Lipinski definition) is 7. The van der Waals surface area contributed by atoms with Crippen molar-refractivity contribution < 1.29 is 14.3 Å². The quantitative estimate of drug-likeness (QED) is 0.321. The average Bonchev–Trinajstić information content (AvgIpc) is 3.31. The van der Waals surface area contributed by atoms with Crippen molar-refractivity contribution in [1.29, 1.82) is 0 Å². The van der Waals surface area contributed by atoms with E-state index in [4.69, 9.17) is 25.2 Å². The van der Waals surface area contributed by atoms with Gasteiger partial charge in [-0.3, -0.25) is 9.89 Å². The number of carbonyl (C=O) groups is 1. The van der Waals surface area contributed by atoms with Gasteiger partial charge in [-0.1, -0.05) is 12.1 Å². The molecule has 2 heterocycles. The van der Waals surface area contributed by atoms with Gasteiger partial charge in [0.15, 0.2) is 12.4 Å². The van der Waals surface area contributed by atoms with E-state index in [9.17, 15) is 4.79 Å². The molecular weight excluding hydrogens is 432 g/mol. The predicted octanol–water partition coefficient (Wildman–Crippen LogP) is 4.18. The molecule has 1 amide bonds. The van der Waals surface area contributed by atoms with Gasteiger partial charge in [0.25, 0.3) is 5.91 Å². The van der Waals surface area contributed by atoms with Crippen molar-refractivity contribution in [3.05, 3.63) is 66.9 Å². The van der Waals surface area contributed by atoms with E-state index in [-0.39, 0.29) is 6.61 Å². The number of rotatable bonds is 8. The van der Waals surface area contributed by atoms with Crippen molar-refractivity contribution in [2.45, 2.75) is 6.92 Å². The minimum atomic E-state index is -0.543. The number of benzene rings is 3. The smallest absolute Gasteiger partial charge is 0.255 e. The Morgan fingerprint density at radius 1 is 1.03 bits per heavy atom. The number of nitrogens with zero attached hydrogens (tertiary/aromatic N) is 3. The minimum Gasteiger partial charge on any atom is -0.494 e. The molecule has 34 heavy (non-hydrogen) atoms. The van der Waals surface area contributed by atoms with Gasteiger partial charge in [0, 0.05) is 22.0 Å². The largest absolute Gasteiger partial charge is 0.494 e. The standard InChI is InChI=1S/C25H22N6O3/c1-2-33-19-7-9-22-20(12-19)25(28-17-6-8-21-16(10-17)13-27-31-21)30-24(29-22)15-4-3-5-18(11-15)34-14-23(26)32/h3-13H,2,14H2,1H3,(H2,26,32)(H,27,31)(H,28,29,30). The van der Waals surface area contributed by atoms with Crippen LogP contribution in [0.1, 0.15) is 6.92 Å². The summed E-state index contributed by atoms with van der Waals surface area (Å²) in [6.45, 7) is 2.30. The van der Waals surface area contributed by atoms with E-state index in [0.717, 1.165) is 38.8 Å². The maximum absolute atomic E-state index is 11.1. The number of aromatic amines is 1. The molecule has 0 spiro atoms. The van der Waals surface area contributed by atoms with Crippen LogP contribution in [0.2, 0.25) is 0 Å². The van der Waals surface area contributed by atoms with Crippen molar-refractivity contribution >= 4 is 39.2 Å². The van der Waals surface area contributed by atoms with Crippen molar-refractivity contribution in [2.75, 3.05) is 18.5 Å². The van der Waals surface area contributed by atoms with E-state index in [1.54, 1.807) is 18.3 Å². The van der Waals surface area contributed by atoms with Crippen LogP contribution < -0.4 is 20.5 Å². The topological polar surface area (TPSA) is 128 Å². The van der Waals surface area contributed by atoms with Crippen LogP contribution in [0.4, 0.5) is 11.5 Å². The highest BCUT2D eigenvalue weighted by molar-refractivity contribution is 5.94. The predicted molar refractivity (Wildman–Crippen MR) is 130 cm³/mol. The lowest BCUT2D eigenvalue weighted by atomic mass is 10.1. The monoisotopic (exact) mass is 454 g/mol. The van der Waals surface area contributed by atoms with Gasteiger partial charge in [-0.15, -0.1) is 0 Å². The number of nitrogens with two attached hydrogens (primary N) is 1. The Bertz CT molecular complexity index is 1500. The van der Waals surface area contributed by atoms with Crippen molar-refractivity contribution in [1.82, 2.24) is 20.2 Å². The van der Waals surface area contributed by atoms with Crippen molar-refractivity contribution in [2.24, 2.45) is 5.73 Å². The van der Waals surface area contributed by atoms with Gasteiger partial charge in [0.2, 0.25) is 0 Å². The molecule has 0 saturated carbocycles. The second-order valence-electron chi connectivity index (χ2n) is 7.59. The third kappa shape index (κ3) is 4.44. The average molecular weight is 454 g/mol. The number of carbonyl (C=O) groups excluding carboxylic acids is 1. The highest BCUT2D eigenvalue weighted by Crippen LogP contribution is 2.31. The number of primary amides is 1. The number of nitrogens with one attached hydrogen (secondary N) is 2. The molecule has 0 aliphatic rings. The minimum absolute atomic E-state index is 0.203. The molecule has 0 radical (unpaired) electrons. The normalized spacial score (nSPS) is 11.0. The van der Waals surface area contributed by atoms with Crippen LogP contribution in [-0.2, 0) is 4.79 Å². The first-order valence-corrected chi connectivity index (χ1v) is 10.8. The van der Waals surface area contributed by atoms with Gasteiger partial charge in [0.05, 0.1) is 23.8 Å². The molecule has 0 bridgehead atoms. The number of hydrogen-bond donors (Lipinski definition) is 3. The Balaban J connectivity index is 1.59. The number of amides is 1. The molecular formula is C25H22N6O3. The van der Waals surface area contributed by atoms with Gasteiger partial charge < -0.3 is 20.5 Å². The van der Waals surface area contributed by atoms with E-state index >= 15 is 0 Å². The fourth-order valence-corrected chi connectivity index (χ4v) is 3.62. The zero-order chi connectivity index (χ0) is 23.5. The van der Waals surface area contributed by atoms with Gasteiger partial charge in [0.1, 0.15) is 17.3 Å². The van der Waals surface area contributed by atoms with Gasteiger partial charge in [-0.05, 0) is 55.5 Å². The summed E-state index contributed by atoms with van der Waals surface area (Å²) in [5.74, 6) is 1.84. The molecule has 0 aliphatic heterocycles. The third-order valence-electron chi connectivity index (χ3n) is 5.15. The highest BCUT2D eigenvalue weighted by atomic mass is 16.5. The van der Waals surface area contributed by atoms with Gasteiger partial charge >= 0.3 is 0 Å². The zero-order valence-corrected chi connectivity index (χ0v) is 18.4. The van der Waals surface area contributed by atoms with E-state index in [0.29, 0.717) is 24.0 Å². The zero-order valence-electron chi connectivity index (χ0n) is 18.4. The summed E-state index contributed by atoms with van der Waals surface area (Å²) in [6, 6.07) is 18.9. The SMILES string of the molecule is CCOc1ccc2nc(-c3cccc(OCC(N)=O)c3)nc(Nc3ccc4[nH]ncc4c3)c2c1. The number of fused-ring (bicyclic) bond motifs is 2. The Labute approximate surface area is 194 Å². The first-order valence-electron chi connectivity index (χ1n) is 10.8. The summed E-state index contributed by atoms with van der Waals surface area (Å²) >= 11 is 0. The molecule has 9 nitrogen and oxygen atoms in total. The number of ether oxygens (including phenoxy) is 2. The molecule has 0 unspecified atom stereocenters. The molecule has 0 atom stereocenters. The molecule has 0 fully saturated rings. The lowest BCUT2D eigenvalue weighted by Crippen LogP contribution is -2.19. The summed E-state index contributed by atoms with van der Waals surface area (Å²) < 4.78 is 11.1. The highest BCUT2D eigenvalue weighted by Gasteiger charge is 2.13. The second-order valence-corrected chi connectivity index (χ2v) is 7.59. The van der Waals surface area contributed by atoms with Gasteiger partial charge in [-0.2, -0.15) is 5.10 Å². The third-order valence-corrected chi connectivity index (χ3v) is 5.15. The summed E-state index contributed by atoms with van der Waals surface area (Å²) in [5.41, 5.74) is 8.50. The molecule has 2 aromatic heterocycles. The van der Waals surface area contributed by atoms with Gasteiger partial charge in [-0.25, -0.2) is 9.97 Å². The first-order chi connectivity index (χ1) is 16.6. The van der Waals surface area contributed by atoms with E-state index in [1.807, 2.05) is 55.5 Å². The summed E-state index contributed by atoms with van der Waals surface area (Å²) in [6.07, 6.45) is 1.77. The summed E-state index contributed by atoms with van der Waals surface area (Å²) in [5, 5.41) is 12.3. The lowest BCUT2D eigenvalue weighted by molar-refractivity contribution is -0.119. The molecule has 9 heteroatoms. The lowest BCUT2D eigenvalue weighted by Gasteiger charge is -2.13. The first kappa shape index (κ1) is 21.2. The number of aromatic nitrogens is 4. The summed E-state index contributed by atoms with van der Waals surface area (Å²) in [7, 11) is 0. The van der Waals surface area contributed by atoms with Crippen molar-refractivity contribution in [3.63, 3.8) is 0 Å². The molecule has 3 aromatic carbocycles. The maximum atomic E-state index is 11.1. The Kier molecular flexibility index (Phi) is 5.65. The fourth-order valence-electron chi connectivity index (χ4n) is 3.62. The molecule has 5 aromatic rings. The van der Waals surface area contributed by atoms with E-state index in [2.05, 4.69) is 15.5 Å². The molecule has 0 aliphatic carbocycles. The van der Waals surface area contributed by atoms with Crippen LogP contribution in [0, 0.1) is 0 Å². The molecule has 4 N–H and O–H groups in total. The van der Waals surface area contributed by atoms with Crippen molar-refractivity contribution in [3.8, 4) is 22.9 Å². The molecule has 5 rings (SSSR count). The van der Waals surface area contributed by atoms with Crippen LogP contribution in [0.3, 0.4) is 0 Å². The Hall–Kier alpha value is -4.66. The summed E-state index contributed by atoms with van der Waals surface area (Å²) in [4.78, 5) is 20.7. The van der Waals surface area contributed by atoms with Crippen LogP contribution in [-0.4, -0.2) is 39.3 Å². The van der Waals surface area contributed by atoms with Crippen LogP contribution in [0.15, 0.2) is 66.9 Å². The Morgan fingerprint density at radius 3 is 2.76 bits per heavy atom. The number of anilines is 2.